The Kier molecular flexibility index (Phi) is 6.81. The van der Waals surface area contributed by atoms with Crippen molar-refractivity contribution in [1.29, 1.82) is 0 Å². The second-order valence-electron chi connectivity index (χ2n) is 10.3. The van der Waals surface area contributed by atoms with Crippen LogP contribution in [0.15, 0.2) is 30.9 Å². The van der Waals surface area contributed by atoms with Gasteiger partial charge in [0.2, 0.25) is 5.91 Å². The zero-order chi connectivity index (χ0) is 25.7. The van der Waals surface area contributed by atoms with E-state index in [1.54, 1.807) is 11.0 Å². The van der Waals surface area contributed by atoms with Crippen molar-refractivity contribution in [2.45, 2.75) is 70.7 Å². The first-order valence-electron chi connectivity index (χ1n) is 12.5. The Bertz CT molecular complexity index is 1020. The van der Waals surface area contributed by atoms with E-state index in [-0.39, 0.29) is 25.0 Å². The maximum atomic E-state index is 14.5. The number of carboxylic acids is 1. The smallest absolute Gasteiger partial charge is 0.310 e. The Morgan fingerprint density at radius 2 is 2.00 bits per heavy atom. The van der Waals surface area contributed by atoms with Gasteiger partial charge in [-0.2, -0.15) is 0 Å². The van der Waals surface area contributed by atoms with Crippen LogP contribution < -0.4 is 4.90 Å². The molecule has 2 unspecified atom stereocenters. The zero-order valence-corrected chi connectivity index (χ0v) is 20.9. The van der Waals surface area contributed by atoms with Gasteiger partial charge in [0.25, 0.3) is 5.91 Å². The van der Waals surface area contributed by atoms with Gasteiger partial charge in [-0.25, -0.2) is 0 Å². The average Bonchev–Trinajstić information content (AvgIpc) is 3.46. The van der Waals surface area contributed by atoms with Crippen LogP contribution in [-0.2, 0) is 19.1 Å². The standard InChI is InChI=1S/C27H36N2O6/c1-6-13-28(22-16(4)9-8-10-17(22)5)25(32)23-27-12-11-19(35-27)20(26(33)34)21(27)24(31)29(23)18(14-30)15(3)7-2/h6,8-10,15,18-21,23,30H,1,7,11-14H2,2-5H3,(H,33,34)/t15-,18-,19-,20+,21-,23?,27?/m0/s1. The molecule has 3 aliphatic heterocycles. The van der Waals surface area contributed by atoms with Gasteiger partial charge in [-0.3, -0.25) is 14.4 Å². The van der Waals surface area contributed by atoms with E-state index >= 15 is 0 Å². The highest BCUT2D eigenvalue weighted by atomic mass is 16.5. The van der Waals surface area contributed by atoms with Crippen molar-refractivity contribution in [3.63, 3.8) is 0 Å². The molecule has 8 heteroatoms. The second kappa shape index (κ2) is 9.39. The van der Waals surface area contributed by atoms with E-state index in [1.165, 1.54) is 4.90 Å². The van der Waals surface area contributed by atoms with Gasteiger partial charge in [-0.1, -0.05) is 44.5 Å². The number of carbonyl (C=O) groups is 3. The Morgan fingerprint density at radius 3 is 2.54 bits per heavy atom. The Balaban J connectivity index is 1.88. The van der Waals surface area contributed by atoms with E-state index in [9.17, 15) is 24.6 Å². The van der Waals surface area contributed by atoms with Gasteiger partial charge in [0, 0.05) is 12.2 Å². The van der Waals surface area contributed by atoms with Gasteiger partial charge in [0.05, 0.1) is 30.6 Å². The second-order valence-corrected chi connectivity index (χ2v) is 10.3. The number of aliphatic hydroxyl groups excluding tert-OH is 1. The summed E-state index contributed by atoms with van der Waals surface area (Å²) >= 11 is 0. The van der Waals surface area contributed by atoms with Crippen molar-refractivity contribution in [3.05, 3.63) is 42.0 Å². The van der Waals surface area contributed by atoms with Gasteiger partial charge in [0.1, 0.15) is 11.6 Å². The highest BCUT2D eigenvalue weighted by Gasteiger charge is 2.75. The molecule has 2 N–H and O–H groups in total. The van der Waals surface area contributed by atoms with Gasteiger partial charge >= 0.3 is 5.97 Å². The molecule has 3 fully saturated rings. The van der Waals surface area contributed by atoms with E-state index in [4.69, 9.17) is 4.74 Å². The lowest BCUT2D eigenvalue weighted by atomic mass is 9.70. The summed E-state index contributed by atoms with van der Waals surface area (Å²) < 4.78 is 6.33. The predicted octanol–water partition coefficient (Wildman–Crippen LogP) is 2.69. The van der Waals surface area contributed by atoms with Crippen LogP contribution in [0.1, 0.15) is 44.2 Å². The van der Waals surface area contributed by atoms with E-state index in [1.807, 2.05) is 45.9 Å². The summed E-state index contributed by atoms with van der Waals surface area (Å²) in [5.74, 6) is -3.85. The van der Waals surface area contributed by atoms with E-state index in [2.05, 4.69) is 6.58 Å². The molecule has 4 rings (SSSR count). The molecule has 1 aromatic rings. The van der Waals surface area contributed by atoms with Crippen molar-refractivity contribution >= 4 is 23.5 Å². The number of aliphatic carboxylic acids is 1. The molecule has 190 valence electrons. The van der Waals surface area contributed by atoms with Crippen molar-refractivity contribution in [2.24, 2.45) is 17.8 Å². The number of benzene rings is 1. The number of carbonyl (C=O) groups excluding carboxylic acids is 2. The first-order chi connectivity index (χ1) is 16.6. The number of nitrogens with zero attached hydrogens (tertiary/aromatic N) is 2. The number of fused-ring (bicyclic) bond motifs is 1. The monoisotopic (exact) mass is 484 g/mol. The highest BCUT2D eigenvalue weighted by molar-refractivity contribution is 6.05. The SMILES string of the molecule is C=CCN(C(=O)C1N([C@@H](CO)[C@@H](C)CC)C(=O)[C@@H]2[C@H](C(=O)O)[C@@H]3CCC12O3)c1c(C)cccc1C. The van der Waals surface area contributed by atoms with Crippen LogP contribution in [0.25, 0.3) is 0 Å². The molecule has 3 saturated heterocycles. The van der Waals surface area contributed by atoms with E-state index in [0.29, 0.717) is 19.3 Å². The van der Waals surface area contributed by atoms with Crippen LogP contribution in [0.2, 0.25) is 0 Å². The first kappa shape index (κ1) is 25.4. The third-order valence-corrected chi connectivity index (χ3v) is 8.39. The summed E-state index contributed by atoms with van der Waals surface area (Å²) in [5, 5.41) is 20.4. The molecule has 0 saturated carbocycles. The van der Waals surface area contributed by atoms with Crippen LogP contribution >= 0.6 is 0 Å². The van der Waals surface area contributed by atoms with Crippen molar-refractivity contribution in [3.8, 4) is 0 Å². The van der Waals surface area contributed by atoms with Gasteiger partial charge in [-0.05, 0) is 43.7 Å². The largest absolute Gasteiger partial charge is 0.481 e. The Labute approximate surface area is 206 Å². The summed E-state index contributed by atoms with van der Waals surface area (Å²) in [6, 6.07) is 4.13. The summed E-state index contributed by atoms with van der Waals surface area (Å²) in [6.07, 6.45) is 2.65. The van der Waals surface area contributed by atoms with Gasteiger partial charge in [-0.15, -0.1) is 6.58 Å². The van der Waals surface area contributed by atoms with E-state index in [0.717, 1.165) is 16.8 Å². The zero-order valence-electron chi connectivity index (χ0n) is 20.9. The third-order valence-electron chi connectivity index (χ3n) is 8.39. The number of aryl methyl sites for hydroxylation is 2. The molecule has 2 bridgehead atoms. The lowest BCUT2D eigenvalue weighted by Crippen LogP contribution is -2.60. The number of hydrogen-bond donors (Lipinski definition) is 2. The molecule has 0 radical (unpaired) electrons. The van der Waals surface area contributed by atoms with E-state index < -0.39 is 47.5 Å². The quantitative estimate of drug-likeness (QED) is 0.522. The number of carboxylic acid groups (broad SMARTS) is 1. The number of para-hydroxylation sites is 1. The number of hydrogen-bond acceptors (Lipinski definition) is 5. The maximum absolute atomic E-state index is 14.5. The van der Waals surface area contributed by atoms with Crippen molar-refractivity contribution in [2.75, 3.05) is 18.1 Å². The summed E-state index contributed by atoms with van der Waals surface area (Å²) in [4.78, 5) is 43.8. The molecule has 35 heavy (non-hydrogen) atoms. The minimum absolute atomic E-state index is 0.0944. The first-order valence-corrected chi connectivity index (χ1v) is 12.5. The minimum Gasteiger partial charge on any atom is -0.481 e. The molecule has 1 spiro atoms. The number of rotatable bonds is 9. The average molecular weight is 485 g/mol. The van der Waals surface area contributed by atoms with Gasteiger partial charge in [0.15, 0.2) is 0 Å². The Morgan fingerprint density at radius 1 is 1.34 bits per heavy atom. The number of anilines is 1. The molecular weight excluding hydrogens is 448 g/mol. The predicted molar refractivity (Wildman–Crippen MR) is 131 cm³/mol. The lowest BCUT2D eigenvalue weighted by molar-refractivity contribution is -0.151. The number of ether oxygens (including phenoxy) is 1. The Hall–Kier alpha value is -2.71. The van der Waals surface area contributed by atoms with Crippen LogP contribution in [0.3, 0.4) is 0 Å². The fraction of sp³-hybridized carbons (Fsp3) is 0.593. The molecule has 0 aliphatic carbocycles. The fourth-order valence-electron chi connectivity index (χ4n) is 6.62. The van der Waals surface area contributed by atoms with Crippen molar-refractivity contribution < 1.29 is 29.3 Å². The van der Waals surface area contributed by atoms with Crippen LogP contribution in [0.4, 0.5) is 5.69 Å². The molecule has 1 aromatic carbocycles. The maximum Gasteiger partial charge on any atom is 0.310 e. The highest BCUT2D eigenvalue weighted by Crippen LogP contribution is 2.59. The number of amides is 2. The fourth-order valence-corrected chi connectivity index (χ4v) is 6.62. The normalized spacial score (nSPS) is 30.8. The molecule has 3 aliphatic rings. The minimum atomic E-state index is -1.22. The molecular formula is C27H36N2O6. The van der Waals surface area contributed by atoms with Crippen molar-refractivity contribution in [1.82, 2.24) is 4.90 Å². The molecule has 8 nitrogen and oxygen atoms in total. The third kappa shape index (κ3) is 3.69. The summed E-state index contributed by atoms with van der Waals surface area (Å²) in [7, 11) is 0. The molecule has 2 amide bonds. The number of likely N-dealkylation sites (tertiary alicyclic amines) is 1. The molecule has 7 atom stereocenters. The van der Waals surface area contributed by atoms with Crippen LogP contribution in [0, 0.1) is 31.6 Å². The lowest BCUT2D eigenvalue weighted by Gasteiger charge is -2.41. The summed E-state index contributed by atoms with van der Waals surface area (Å²) in [6.45, 7) is 11.5. The van der Waals surface area contributed by atoms with Crippen LogP contribution in [-0.4, -0.2) is 69.8 Å². The van der Waals surface area contributed by atoms with Crippen LogP contribution in [0.5, 0.6) is 0 Å². The topological polar surface area (TPSA) is 107 Å². The molecule has 3 heterocycles. The van der Waals surface area contributed by atoms with Gasteiger partial charge < -0.3 is 24.7 Å². The summed E-state index contributed by atoms with van der Waals surface area (Å²) in [5.41, 5.74) is 1.34. The number of aliphatic hydroxyl groups is 1. The molecule has 0 aromatic heterocycles.